The van der Waals surface area contributed by atoms with E-state index < -0.39 is 9.84 Å². The first kappa shape index (κ1) is 19.2. The van der Waals surface area contributed by atoms with E-state index in [0.717, 1.165) is 11.8 Å². The van der Waals surface area contributed by atoms with Crippen molar-refractivity contribution in [1.29, 1.82) is 0 Å². The second-order valence-electron chi connectivity index (χ2n) is 6.46. The number of nitrogens with zero attached hydrogens (tertiary/aromatic N) is 1. The number of amides is 1. The zero-order chi connectivity index (χ0) is 18.6. The lowest BCUT2D eigenvalue weighted by Gasteiger charge is -2.04. The lowest BCUT2D eigenvalue weighted by Crippen LogP contribution is -2.30. The standard InChI is InChI=1S/C18H24N2O4S/c1-12(2)14-5-7-15(8-6-14)18-20-16(13(3)24-18)11-17(21)19-9-10-25(4,22)23/h5-8,12H,9-11H2,1-4H3,(H,19,21). The van der Waals surface area contributed by atoms with Crippen LogP contribution < -0.4 is 5.32 Å². The molecule has 2 rings (SSSR count). The second-order valence-corrected chi connectivity index (χ2v) is 8.71. The number of benzene rings is 1. The van der Waals surface area contributed by atoms with Crippen molar-refractivity contribution in [1.82, 2.24) is 10.3 Å². The van der Waals surface area contributed by atoms with Crippen molar-refractivity contribution >= 4 is 15.7 Å². The fourth-order valence-electron chi connectivity index (χ4n) is 2.32. The van der Waals surface area contributed by atoms with Crippen LogP contribution in [0.5, 0.6) is 0 Å². The molecule has 7 heteroatoms. The van der Waals surface area contributed by atoms with Gasteiger partial charge in [-0.3, -0.25) is 4.79 Å². The number of carbonyl (C=O) groups is 1. The fraction of sp³-hybridized carbons (Fsp3) is 0.444. The summed E-state index contributed by atoms with van der Waals surface area (Å²) in [5.74, 6) is 1.16. The largest absolute Gasteiger partial charge is 0.441 e. The third kappa shape index (κ3) is 5.70. The molecular weight excluding hydrogens is 340 g/mol. The lowest BCUT2D eigenvalue weighted by molar-refractivity contribution is -0.120. The highest BCUT2D eigenvalue weighted by atomic mass is 32.2. The number of hydrogen-bond acceptors (Lipinski definition) is 5. The number of sulfone groups is 1. The monoisotopic (exact) mass is 364 g/mol. The van der Waals surface area contributed by atoms with Gasteiger partial charge in [-0.25, -0.2) is 13.4 Å². The Labute approximate surface area is 148 Å². The van der Waals surface area contributed by atoms with E-state index in [1.165, 1.54) is 5.56 Å². The van der Waals surface area contributed by atoms with E-state index in [1.54, 1.807) is 6.92 Å². The van der Waals surface area contributed by atoms with Crippen LogP contribution in [0.4, 0.5) is 0 Å². The minimum atomic E-state index is -3.09. The van der Waals surface area contributed by atoms with E-state index in [0.29, 0.717) is 23.3 Å². The topological polar surface area (TPSA) is 89.3 Å². The lowest BCUT2D eigenvalue weighted by atomic mass is 10.0. The average molecular weight is 364 g/mol. The Kier molecular flexibility index (Phi) is 6.00. The van der Waals surface area contributed by atoms with Crippen molar-refractivity contribution in [2.24, 2.45) is 0 Å². The summed E-state index contributed by atoms with van der Waals surface area (Å²) in [6.07, 6.45) is 1.20. The summed E-state index contributed by atoms with van der Waals surface area (Å²) in [7, 11) is -3.09. The van der Waals surface area contributed by atoms with Gasteiger partial charge in [-0.2, -0.15) is 0 Å². The molecule has 0 aliphatic heterocycles. The number of carbonyl (C=O) groups excluding carboxylic acids is 1. The number of rotatable bonds is 7. The molecule has 0 unspecified atom stereocenters. The Morgan fingerprint density at radius 1 is 1.24 bits per heavy atom. The normalized spacial score (nSPS) is 11.7. The summed E-state index contributed by atoms with van der Waals surface area (Å²) < 4.78 is 27.8. The Hall–Kier alpha value is -2.15. The molecule has 6 nitrogen and oxygen atoms in total. The van der Waals surface area contributed by atoms with Gasteiger partial charge in [0.15, 0.2) is 0 Å². The third-order valence-corrected chi connectivity index (χ3v) is 4.79. The molecule has 1 N–H and O–H groups in total. The van der Waals surface area contributed by atoms with E-state index in [9.17, 15) is 13.2 Å². The molecule has 2 aromatic rings. The molecule has 0 fully saturated rings. The Balaban J connectivity index is 2.03. The van der Waals surface area contributed by atoms with Crippen LogP contribution in [0.25, 0.3) is 11.5 Å². The van der Waals surface area contributed by atoms with Gasteiger partial charge in [0.1, 0.15) is 15.6 Å². The van der Waals surface area contributed by atoms with Crippen molar-refractivity contribution in [2.75, 3.05) is 18.6 Å². The maximum absolute atomic E-state index is 11.9. The maximum Gasteiger partial charge on any atom is 0.226 e. The van der Waals surface area contributed by atoms with Crippen LogP contribution in [0.3, 0.4) is 0 Å². The molecule has 0 spiro atoms. The van der Waals surface area contributed by atoms with Crippen LogP contribution >= 0.6 is 0 Å². The molecule has 136 valence electrons. The van der Waals surface area contributed by atoms with Crippen LogP contribution in [0, 0.1) is 6.92 Å². The molecule has 1 aromatic heterocycles. The van der Waals surface area contributed by atoms with Crippen LogP contribution in [0.15, 0.2) is 28.7 Å². The molecule has 1 amide bonds. The van der Waals surface area contributed by atoms with Gasteiger partial charge in [0, 0.05) is 18.4 Å². The number of aryl methyl sites for hydroxylation is 1. The molecule has 0 saturated heterocycles. The predicted octanol–water partition coefficient (Wildman–Crippen LogP) is 2.48. The van der Waals surface area contributed by atoms with Crippen LogP contribution in [0.2, 0.25) is 0 Å². The summed E-state index contributed by atoms with van der Waals surface area (Å²) >= 11 is 0. The SMILES string of the molecule is Cc1oc(-c2ccc(C(C)C)cc2)nc1CC(=O)NCCS(C)(=O)=O. The van der Waals surface area contributed by atoms with E-state index in [2.05, 4.69) is 24.1 Å². The van der Waals surface area contributed by atoms with Crippen molar-refractivity contribution < 1.29 is 17.6 Å². The molecule has 0 saturated carbocycles. The van der Waals surface area contributed by atoms with E-state index in [-0.39, 0.29) is 24.6 Å². The molecule has 0 aliphatic rings. The Morgan fingerprint density at radius 2 is 1.88 bits per heavy atom. The highest BCUT2D eigenvalue weighted by molar-refractivity contribution is 7.90. The van der Waals surface area contributed by atoms with E-state index >= 15 is 0 Å². The predicted molar refractivity (Wildman–Crippen MR) is 97.2 cm³/mol. The first-order valence-corrected chi connectivity index (χ1v) is 10.2. The molecular formula is C18H24N2O4S. The van der Waals surface area contributed by atoms with Crippen LogP contribution in [0.1, 0.15) is 36.8 Å². The number of hydrogen-bond donors (Lipinski definition) is 1. The average Bonchev–Trinajstić information content (AvgIpc) is 2.87. The summed E-state index contributed by atoms with van der Waals surface area (Å²) in [5.41, 5.74) is 2.65. The van der Waals surface area contributed by atoms with Gasteiger partial charge in [0.2, 0.25) is 11.8 Å². The molecule has 25 heavy (non-hydrogen) atoms. The molecule has 0 aliphatic carbocycles. The minimum Gasteiger partial charge on any atom is -0.441 e. The van der Waals surface area contributed by atoms with Crippen molar-refractivity contribution in [2.45, 2.75) is 33.1 Å². The van der Waals surface area contributed by atoms with Gasteiger partial charge in [-0.05, 0) is 30.5 Å². The van der Waals surface area contributed by atoms with Gasteiger partial charge in [0.25, 0.3) is 0 Å². The Morgan fingerprint density at radius 3 is 2.44 bits per heavy atom. The van der Waals surface area contributed by atoms with Crippen molar-refractivity contribution in [3.63, 3.8) is 0 Å². The fourth-order valence-corrected chi connectivity index (χ4v) is 2.79. The molecule has 1 aromatic carbocycles. The quantitative estimate of drug-likeness (QED) is 0.815. The minimum absolute atomic E-state index is 0.0587. The van der Waals surface area contributed by atoms with Crippen LogP contribution in [-0.4, -0.2) is 37.9 Å². The van der Waals surface area contributed by atoms with Crippen molar-refractivity contribution in [3.05, 3.63) is 41.3 Å². The van der Waals surface area contributed by atoms with Crippen LogP contribution in [-0.2, 0) is 21.1 Å². The number of nitrogens with one attached hydrogen (secondary N) is 1. The second kappa shape index (κ2) is 7.82. The highest BCUT2D eigenvalue weighted by Crippen LogP contribution is 2.24. The van der Waals surface area contributed by atoms with Gasteiger partial charge in [-0.15, -0.1) is 0 Å². The number of aromatic nitrogens is 1. The van der Waals surface area contributed by atoms with Gasteiger partial charge < -0.3 is 9.73 Å². The Bertz CT molecular complexity index is 836. The summed E-state index contributed by atoms with van der Waals surface area (Å²) in [4.78, 5) is 16.3. The summed E-state index contributed by atoms with van der Waals surface area (Å²) in [6, 6.07) is 7.99. The van der Waals surface area contributed by atoms with Gasteiger partial charge in [-0.1, -0.05) is 26.0 Å². The zero-order valence-electron chi connectivity index (χ0n) is 15.0. The molecule has 0 bridgehead atoms. The first-order chi connectivity index (χ1) is 11.7. The molecule has 0 radical (unpaired) electrons. The zero-order valence-corrected chi connectivity index (χ0v) is 15.8. The van der Waals surface area contributed by atoms with Gasteiger partial charge in [0.05, 0.1) is 17.9 Å². The highest BCUT2D eigenvalue weighted by Gasteiger charge is 2.15. The van der Waals surface area contributed by atoms with Gasteiger partial charge >= 0.3 is 0 Å². The molecule has 0 atom stereocenters. The summed E-state index contributed by atoms with van der Waals surface area (Å²) in [6.45, 7) is 6.12. The first-order valence-electron chi connectivity index (χ1n) is 8.17. The summed E-state index contributed by atoms with van der Waals surface area (Å²) in [5, 5.41) is 2.58. The van der Waals surface area contributed by atoms with Crippen molar-refractivity contribution in [3.8, 4) is 11.5 Å². The van der Waals surface area contributed by atoms with E-state index in [4.69, 9.17) is 4.42 Å². The van der Waals surface area contributed by atoms with E-state index in [1.807, 2.05) is 24.3 Å². The smallest absolute Gasteiger partial charge is 0.226 e. The number of oxazole rings is 1. The maximum atomic E-state index is 11.9. The molecule has 1 heterocycles. The third-order valence-electron chi connectivity index (χ3n) is 3.84.